The van der Waals surface area contributed by atoms with Crippen LogP contribution in [0.1, 0.15) is 49.7 Å². The van der Waals surface area contributed by atoms with Crippen LogP contribution in [0.2, 0.25) is 0 Å². The molecule has 0 aromatic rings. The maximum absolute atomic E-state index is 13.3. The van der Waals surface area contributed by atoms with Crippen LogP contribution < -0.4 is 11.2 Å². The number of aryl methyl sites for hydroxylation is 1. The van der Waals surface area contributed by atoms with Crippen molar-refractivity contribution < 1.29 is 13.2 Å². The average molecular weight is 307 g/mol. The van der Waals surface area contributed by atoms with Crippen LogP contribution in [0.25, 0.3) is 11.3 Å². The first kappa shape index (κ1) is 15.0. The Kier molecular flexibility index (Phi) is 3.67. The van der Waals surface area contributed by atoms with E-state index in [1.807, 2.05) is 6.92 Å². The molecule has 1 heterocycles. The predicted molar refractivity (Wildman–Crippen MR) is 81.5 cm³/mol. The smallest absolute Gasteiger partial charge is 0.248 e. The van der Waals surface area contributed by atoms with Crippen LogP contribution in [0.15, 0.2) is 27.4 Å². The van der Waals surface area contributed by atoms with Gasteiger partial charge in [-0.05, 0) is 48.9 Å². The molecule has 0 aromatic heterocycles. The Labute approximate surface area is 127 Å². The molecule has 3 nitrogen and oxygen atoms in total. The SMILES string of the molecule is CCc1cc2c(=O)cc(C3CCC(F)(F)CC3)cc-2oc1N. The van der Waals surface area contributed by atoms with Gasteiger partial charge in [0.1, 0.15) is 5.76 Å². The summed E-state index contributed by atoms with van der Waals surface area (Å²) in [7, 11) is 0. The minimum atomic E-state index is -2.57. The highest BCUT2D eigenvalue weighted by molar-refractivity contribution is 5.64. The molecule has 0 radical (unpaired) electrons. The second-order valence-electron chi connectivity index (χ2n) is 6.05. The molecule has 0 saturated heterocycles. The van der Waals surface area contributed by atoms with E-state index in [9.17, 15) is 13.6 Å². The number of halogens is 2. The van der Waals surface area contributed by atoms with Gasteiger partial charge in [0.15, 0.2) is 11.3 Å². The van der Waals surface area contributed by atoms with Gasteiger partial charge in [-0.2, -0.15) is 0 Å². The minimum absolute atomic E-state index is 0.0148. The van der Waals surface area contributed by atoms with Gasteiger partial charge < -0.3 is 10.2 Å². The molecule has 2 aliphatic carbocycles. The Morgan fingerprint density at radius 1 is 1.27 bits per heavy atom. The van der Waals surface area contributed by atoms with Crippen molar-refractivity contribution in [1.29, 1.82) is 0 Å². The summed E-state index contributed by atoms with van der Waals surface area (Å²) in [5, 5.41) is 0. The number of fused-ring (bicyclic) bond motifs is 1. The molecule has 118 valence electrons. The number of nitrogens with two attached hydrogens (primary N) is 1. The Bertz CT molecular complexity index is 713. The zero-order chi connectivity index (χ0) is 15.9. The summed E-state index contributed by atoms with van der Waals surface area (Å²) in [6.45, 7) is 1.94. The van der Waals surface area contributed by atoms with Gasteiger partial charge >= 0.3 is 0 Å². The summed E-state index contributed by atoms with van der Waals surface area (Å²) in [6.07, 6.45) is 1.21. The molecule has 3 aliphatic rings. The Balaban J connectivity index is 2.00. The van der Waals surface area contributed by atoms with E-state index in [1.165, 1.54) is 0 Å². The fourth-order valence-corrected chi connectivity index (χ4v) is 3.16. The van der Waals surface area contributed by atoms with E-state index in [4.69, 9.17) is 10.2 Å². The van der Waals surface area contributed by atoms with Gasteiger partial charge in [0.2, 0.25) is 5.92 Å². The topological polar surface area (TPSA) is 56.2 Å². The molecule has 1 saturated carbocycles. The zero-order valence-electron chi connectivity index (χ0n) is 12.5. The molecule has 0 spiro atoms. The third kappa shape index (κ3) is 2.72. The molecule has 0 bridgehead atoms. The molecule has 0 unspecified atom stereocenters. The molecule has 1 fully saturated rings. The second kappa shape index (κ2) is 5.38. The maximum atomic E-state index is 13.3. The highest BCUT2D eigenvalue weighted by Gasteiger charge is 2.35. The number of alkyl halides is 2. The number of anilines is 1. The van der Waals surface area contributed by atoms with Crippen molar-refractivity contribution in [3.8, 4) is 11.3 Å². The summed E-state index contributed by atoms with van der Waals surface area (Å²) >= 11 is 0. The van der Waals surface area contributed by atoms with Crippen molar-refractivity contribution >= 4 is 5.88 Å². The van der Waals surface area contributed by atoms with E-state index in [2.05, 4.69) is 0 Å². The van der Waals surface area contributed by atoms with Crippen LogP contribution in [0.5, 0.6) is 0 Å². The molecular weight excluding hydrogens is 288 g/mol. The number of benzene rings is 1. The lowest BCUT2D eigenvalue weighted by Gasteiger charge is -2.28. The highest BCUT2D eigenvalue weighted by atomic mass is 19.3. The lowest BCUT2D eigenvalue weighted by Crippen LogP contribution is -2.24. The molecule has 0 amide bonds. The Morgan fingerprint density at radius 2 is 1.95 bits per heavy atom. The first-order valence-corrected chi connectivity index (χ1v) is 7.63. The van der Waals surface area contributed by atoms with Gasteiger partial charge in [-0.15, -0.1) is 0 Å². The third-order valence-corrected chi connectivity index (χ3v) is 4.55. The molecule has 0 atom stereocenters. The highest BCUT2D eigenvalue weighted by Crippen LogP contribution is 2.41. The van der Waals surface area contributed by atoms with Crippen LogP contribution in [-0.4, -0.2) is 5.92 Å². The van der Waals surface area contributed by atoms with E-state index in [-0.39, 0.29) is 24.2 Å². The standard InChI is InChI=1S/C17H19F2NO2/c1-2-10-7-13-14(21)8-12(9-15(13)22-16(10)20)11-3-5-17(18,19)6-4-11/h7-9,11H,2-6,20H2,1H3. The fraction of sp³-hybridized carbons (Fsp3) is 0.471. The first-order chi connectivity index (χ1) is 10.4. The number of hydrogen-bond donors (Lipinski definition) is 1. The normalized spacial score (nSPS) is 18.7. The van der Waals surface area contributed by atoms with Crippen LogP contribution >= 0.6 is 0 Å². The molecule has 3 rings (SSSR count). The van der Waals surface area contributed by atoms with Gasteiger partial charge in [0.05, 0.1) is 5.56 Å². The van der Waals surface area contributed by atoms with Crippen LogP contribution in [0.4, 0.5) is 14.7 Å². The van der Waals surface area contributed by atoms with Crippen molar-refractivity contribution in [1.82, 2.24) is 0 Å². The summed E-state index contributed by atoms with van der Waals surface area (Å²) in [5.74, 6) is -1.84. The fourth-order valence-electron chi connectivity index (χ4n) is 3.16. The van der Waals surface area contributed by atoms with Crippen LogP contribution in [-0.2, 0) is 6.42 Å². The van der Waals surface area contributed by atoms with Crippen molar-refractivity contribution in [2.24, 2.45) is 0 Å². The van der Waals surface area contributed by atoms with Gasteiger partial charge in [-0.25, -0.2) is 8.78 Å². The monoisotopic (exact) mass is 307 g/mol. The molecule has 0 aromatic carbocycles. The summed E-state index contributed by atoms with van der Waals surface area (Å²) in [5.41, 5.74) is 7.78. The Hall–Kier alpha value is -1.91. The van der Waals surface area contributed by atoms with Crippen molar-refractivity contribution in [3.63, 3.8) is 0 Å². The summed E-state index contributed by atoms with van der Waals surface area (Å²) < 4.78 is 32.1. The average Bonchev–Trinajstić information content (AvgIpc) is 2.46. The first-order valence-electron chi connectivity index (χ1n) is 7.63. The van der Waals surface area contributed by atoms with E-state index in [0.717, 1.165) is 11.1 Å². The maximum Gasteiger partial charge on any atom is 0.248 e. The van der Waals surface area contributed by atoms with E-state index >= 15 is 0 Å². The number of nitrogen functional groups attached to an aromatic ring is 1. The van der Waals surface area contributed by atoms with E-state index in [0.29, 0.717) is 36.5 Å². The summed E-state index contributed by atoms with van der Waals surface area (Å²) in [4.78, 5) is 12.3. The van der Waals surface area contributed by atoms with Crippen molar-refractivity contribution in [3.05, 3.63) is 39.5 Å². The quantitative estimate of drug-likeness (QED) is 0.905. The molecule has 1 aliphatic heterocycles. The van der Waals surface area contributed by atoms with Gasteiger partial charge in [-0.3, -0.25) is 4.79 Å². The van der Waals surface area contributed by atoms with E-state index < -0.39 is 5.92 Å². The Morgan fingerprint density at radius 3 is 2.59 bits per heavy atom. The number of hydrogen-bond acceptors (Lipinski definition) is 3. The van der Waals surface area contributed by atoms with Gasteiger partial charge in [0.25, 0.3) is 0 Å². The number of rotatable bonds is 2. The largest absolute Gasteiger partial charge is 0.441 e. The van der Waals surface area contributed by atoms with Crippen LogP contribution in [0.3, 0.4) is 0 Å². The second-order valence-corrected chi connectivity index (χ2v) is 6.05. The zero-order valence-corrected chi connectivity index (χ0v) is 12.5. The van der Waals surface area contributed by atoms with Crippen LogP contribution in [0, 0.1) is 0 Å². The van der Waals surface area contributed by atoms with Crippen molar-refractivity contribution in [2.45, 2.75) is 50.9 Å². The lowest BCUT2D eigenvalue weighted by atomic mass is 9.81. The third-order valence-electron chi connectivity index (χ3n) is 4.55. The van der Waals surface area contributed by atoms with Gasteiger partial charge in [0, 0.05) is 18.4 Å². The van der Waals surface area contributed by atoms with E-state index in [1.54, 1.807) is 18.2 Å². The predicted octanol–water partition coefficient (Wildman–Crippen LogP) is 4.18. The summed E-state index contributed by atoms with van der Waals surface area (Å²) in [6, 6.07) is 5.09. The lowest BCUT2D eigenvalue weighted by molar-refractivity contribution is -0.0382. The minimum Gasteiger partial charge on any atom is -0.441 e. The van der Waals surface area contributed by atoms with Gasteiger partial charge in [-0.1, -0.05) is 6.92 Å². The molecular formula is C17H19F2NO2. The molecule has 2 N–H and O–H groups in total. The van der Waals surface area contributed by atoms with Crippen molar-refractivity contribution in [2.75, 3.05) is 5.73 Å². The molecule has 5 heteroatoms. The molecule has 22 heavy (non-hydrogen) atoms.